The number of furan rings is 1. The highest BCUT2D eigenvalue weighted by atomic mass is 16.5. The molecule has 0 saturated carbocycles. The summed E-state index contributed by atoms with van der Waals surface area (Å²) in [4.78, 5) is 16.8. The Morgan fingerprint density at radius 3 is 2.68 bits per heavy atom. The first-order chi connectivity index (χ1) is 12.1. The topological polar surface area (TPSA) is 55.2 Å². The van der Waals surface area contributed by atoms with Crippen LogP contribution in [-0.4, -0.2) is 51.8 Å². The van der Waals surface area contributed by atoms with E-state index in [1.165, 1.54) is 0 Å². The summed E-state index contributed by atoms with van der Waals surface area (Å²) < 4.78 is 16.5. The summed E-state index contributed by atoms with van der Waals surface area (Å²) in [6.07, 6.45) is 0. The summed E-state index contributed by atoms with van der Waals surface area (Å²) in [6.45, 7) is 1.91. The molecule has 1 aliphatic heterocycles. The Morgan fingerprint density at radius 1 is 1.24 bits per heavy atom. The maximum Gasteiger partial charge on any atom is 0.254 e. The minimum absolute atomic E-state index is 0.0108. The molecule has 2 heterocycles. The van der Waals surface area contributed by atoms with Gasteiger partial charge in [-0.2, -0.15) is 0 Å². The van der Waals surface area contributed by atoms with Crippen LogP contribution in [0.4, 0.5) is 5.69 Å². The predicted octanol–water partition coefficient (Wildman–Crippen LogP) is 2.71. The maximum absolute atomic E-state index is 13.0. The fourth-order valence-corrected chi connectivity index (χ4v) is 2.94. The number of rotatable bonds is 5. The van der Waals surface area contributed by atoms with E-state index in [0.29, 0.717) is 31.9 Å². The van der Waals surface area contributed by atoms with Crippen molar-refractivity contribution in [1.82, 2.24) is 4.90 Å². The van der Waals surface area contributed by atoms with Crippen LogP contribution >= 0.6 is 0 Å². The highest BCUT2D eigenvalue weighted by molar-refractivity contribution is 5.95. The largest absolute Gasteiger partial charge is 0.461 e. The molecule has 1 aliphatic rings. The fraction of sp³-hybridized carbons (Fsp3) is 0.421. The third-order valence-electron chi connectivity index (χ3n) is 4.32. The summed E-state index contributed by atoms with van der Waals surface area (Å²) in [7, 11) is 5.58. The molecule has 0 spiro atoms. The van der Waals surface area contributed by atoms with Crippen molar-refractivity contribution < 1.29 is 18.7 Å². The molecule has 0 aliphatic carbocycles. The van der Waals surface area contributed by atoms with E-state index >= 15 is 0 Å². The maximum atomic E-state index is 13.0. The Labute approximate surface area is 147 Å². The summed E-state index contributed by atoms with van der Waals surface area (Å²) >= 11 is 0. The van der Waals surface area contributed by atoms with Crippen molar-refractivity contribution in [3.63, 3.8) is 0 Å². The van der Waals surface area contributed by atoms with Gasteiger partial charge in [-0.1, -0.05) is 0 Å². The zero-order chi connectivity index (χ0) is 17.8. The van der Waals surface area contributed by atoms with E-state index in [2.05, 4.69) is 0 Å². The van der Waals surface area contributed by atoms with Crippen molar-refractivity contribution in [3.8, 4) is 0 Å². The molecule has 0 N–H and O–H groups in total. The zero-order valence-electron chi connectivity index (χ0n) is 14.9. The number of hydrogen-bond acceptors (Lipinski definition) is 5. The van der Waals surface area contributed by atoms with Crippen LogP contribution in [0.5, 0.6) is 0 Å². The van der Waals surface area contributed by atoms with Crippen molar-refractivity contribution >= 4 is 11.6 Å². The molecule has 1 aromatic heterocycles. The molecule has 25 heavy (non-hydrogen) atoms. The van der Waals surface area contributed by atoms with Gasteiger partial charge in [-0.05, 0) is 36.4 Å². The number of nitrogens with zero attached hydrogens (tertiary/aromatic N) is 2. The molecule has 0 bridgehead atoms. The average Bonchev–Trinajstić information content (AvgIpc) is 3.10. The van der Waals surface area contributed by atoms with Gasteiger partial charge in [0.15, 0.2) is 0 Å². The third kappa shape index (κ3) is 3.86. The summed E-state index contributed by atoms with van der Waals surface area (Å²) in [5.41, 5.74) is 1.73. The molecule has 2 aromatic rings. The first-order valence-corrected chi connectivity index (χ1v) is 8.34. The standard InChI is InChI=1S/C19H24N2O4/c1-20(2)15-6-4-14(5-7-15)19(22)21-10-11-24-13-17(21)18-9-8-16(25-18)12-23-3/h4-9,17H,10-13H2,1-3H3. The molecule has 134 valence electrons. The number of anilines is 1. The molecular formula is C19H24N2O4. The molecule has 1 atom stereocenters. The van der Waals surface area contributed by atoms with Gasteiger partial charge in [-0.3, -0.25) is 4.79 Å². The van der Waals surface area contributed by atoms with Crippen LogP contribution < -0.4 is 4.90 Å². The second-order valence-electron chi connectivity index (χ2n) is 6.27. The Bertz CT molecular complexity index is 708. The van der Waals surface area contributed by atoms with E-state index in [1.807, 2.05) is 60.3 Å². The van der Waals surface area contributed by atoms with Gasteiger partial charge in [0.25, 0.3) is 5.91 Å². The number of hydrogen-bond donors (Lipinski definition) is 0. The van der Waals surface area contributed by atoms with Crippen molar-refractivity contribution in [3.05, 3.63) is 53.5 Å². The molecule has 3 rings (SSSR count). The van der Waals surface area contributed by atoms with Crippen LogP contribution in [0.1, 0.15) is 27.9 Å². The molecule has 1 aromatic carbocycles. The van der Waals surface area contributed by atoms with E-state index < -0.39 is 0 Å². The summed E-state index contributed by atoms with van der Waals surface area (Å²) in [5, 5.41) is 0. The van der Waals surface area contributed by atoms with Crippen molar-refractivity contribution in [2.24, 2.45) is 0 Å². The van der Waals surface area contributed by atoms with Crippen LogP contribution in [-0.2, 0) is 16.1 Å². The van der Waals surface area contributed by atoms with E-state index in [4.69, 9.17) is 13.9 Å². The summed E-state index contributed by atoms with van der Waals surface area (Å²) in [6, 6.07) is 11.2. The molecule has 1 unspecified atom stereocenters. The third-order valence-corrected chi connectivity index (χ3v) is 4.32. The SMILES string of the molecule is COCc1ccc(C2COCCN2C(=O)c2ccc(N(C)C)cc2)o1. The van der Waals surface area contributed by atoms with E-state index in [1.54, 1.807) is 7.11 Å². The normalized spacial score (nSPS) is 17.6. The predicted molar refractivity (Wildman–Crippen MR) is 94.8 cm³/mol. The van der Waals surface area contributed by atoms with Gasteiger partial charge in [0.1, 0.15) is 24.2 Å². The quantitative estimate of drug-likeness (QED) is 0.835. The van der Waals surface area contributed by atoms with Crippen molar-refractivity contribution in [2.75, 3.05) is 45.9 Å². The fourth-order valence-electron chi connectivity index (χ4n) is 2.94. The average molecular weight is 344 g/mol. The lowest BCUT2D eigenvalue weighted by Gasteiger charge is -2.34. The summed E-state index contributed by atoms with van der Waals surface area (Å²) in [5.74, 6) is 1.46. The van der Waals surface area contributed by atoms with Gasteiger partial charge in [0.2, 0.25) is 0 Å². The lowest BCUT2D eigenvalue weighted by molar-refractivity contribution is -0.00947. The Balaban J connectivity index is 1.80. The molecule has 1 amide bonds. The van der Waals surface area contributed by atoms with Gasteiger partial charge >= 0.3 is 0 Å². The van der Waals surface area contributed by atoms with Crippen LogP contribution in [0.2, 0.25) is 0 Å². The zero-order valence-corrected chi connectivity index (χ0v) is 14.9. The first kappa shape index (κ1) is 17.5. The molecular weight excluding hydrogens is 320 g/mol. The highest BCUT2D eigenvalue weighted by Crippen LogP contribution is 2.28. The van der Waals surface area contributed by atoms with Gasteiger partial charge in [0, 0.05) is 39.0 Å². The van der Waals surface area contributed by atoms with Gasteiger partial charge < -0.3 is 23.7 Å². The lowest BCUT2D eigenvalue weighted by Crippen LogP contribution is -2.43. The Kier molecular flexibility index (Phi) is 5.40. The molecule has 0 radical (unpaired) electrons. The number of ether oxygens (including phenoxy) is 2. The number of morpholine rings is 1. The van der Waals surface area contributed by atoms with Crippen LogP contribution in [0.15, 0.2) is 40.8 Å². The van der Waals surface area contributed by atoms with Gasteiger partial charge in [-0.15, -0.1) is 0 Å². The van der Waals surface area contributed by atoms with Crippen LogP contribution in [0.3, 0.4) is 0 Å². The van der Waals surface area contributed by atoms with Gasteiger partial charge in [-0.25, -0.2) is 0 Å². The molecule has 1 fully saturated rings. The van der Waals surface area contributed by atoms with Crippen molar-refractivity contribution in [1.29, 1.82) is 0 Å². The second kappa shape index (κ2) is 7.72. The lowest BCUT2D eigenvalue weighted by atomic mass is 10.1. The van der Waals surface area contributed by atoms with Crippen LogP contribution in [0.25, 0.3) is 0 Å². The second-order valence-corrected chi connectivity index (χ2v) is 6.27. The number of benzene rings is 1. The Hall–Kier alpha value is -2.31. The van der Waals surface area contributed by atoms with E-state index in [-0.39, 0.29) is 11.9 Å². The molecule has 1 saturated heterocycles. The number of carbonyl (C=O) groups excluding carboxylic acids is 1. The first-order valence-electron chi connectivity index (χ1n) is 8.34. The smallest absolute Gasteiger partial charge is 0.254 e. The van der Waals surface area contributed by atoms with E-state index in [0.717, 1.165) is 17.2 Å². The number of amides is 1. The minimum Gasteiger partial charge on any atom is -0.461 e. The highest BCUT2D eigenvalue weighted by Gasteiger charge is 2.31. The molecule has 6 nitrogen and oxygen atoms in total. The number of carbonyl (C=O) groups is 1. The minimum atomic E-state index is -0.222. The number of methoxy groups -OCH3 is 1. The van der Waals surface area contributed by atoms with Crippen molar-refractivity contribution in [2.45, 2.75) is 12.6 Å². The van der Waals surface area contributed by atoms with Crippen LogP contribution in [0, 0.1) is 0 Å². The van der Waals surface area contributed by atoms with Gasteiger partial charge in [0.05, 0.1) is 13.2 Å². The Morgan fingerprint density at radius 2 is 2.00 bits per heavy atom. The molecule has 6 heteroatoms. The van der Waals surface area contributed by atoms with E-state index in [9.17, 15) is 4.79 Å². The monoisotopic (exact) mass is 344 g/mol.